The monoisotopic (exact) mass is 253 g/mol. The minimum Gasteiger partial charge on any atom is -0.382 e. The van der Waals surface area contributed by atoms with Gasteiger partial charge >= 0.3 is 0 Å². The molecule has 2 rings (SSSR count). The van der Waals surface area contributed by atoms with E-state index in [-0.39, 0.29) is 0 Å². The van der Waals surface area contributed by atoms with E-state index in [1.54, 1.807) is 0 Å². The number of nitrogen functional groups attached to an aromatic ring is 1. The van der Waals surface area contributed by atoms with E-state index in [9.17, 15) is 0 Å². The summed E-state index contributed by atoms with van der Waals surface area (Å²) in [6.45, 7) is 4.18. The number of rotatable bonds is 1. The first kappa shape index (κ1) is 9.52. The number of nitrogens with zero attached hydrogens (tertiary/aromatic N) is 2. The highest BCUT2D eigenvalue weighted by Gasteiger charge is 2.09. The Kier molecular flexibility index (Phi) is 2.23. The first-order valence-corrected chi connectivity index (χ1v) is 5.32. The second-order valence-electron chi connectivity index (χ2n) is 3.59. The van der Waals surface area contributed by atoms with Crippen LogP contribution in [0.5, 0.6) is 0 Å². The Bertz CT molecular complexity index is 473. The fourth-order valence-electron chi connectivity index (χ4n) is 1.53. The summed E-state index contributed by atoms with van der Waals surface area (Å²) in [7, 11) is 0. The van der Waals surface area contributed by atoms with E-state index < -0.39 is 0 Å². The van der Waals surface area contributed by atoms with Crippen LogP contribution in [0.3, 0.4) is 0 Å². The van der Waals surface area contributed by atoms with Crippen molar-refractivity contribution in [1.82, 2.24) is 9.78 Å². The van der Waals surface area contributed by atoms with E-state index >= 15 is 0 Å². The number of halogens is 1. The van der Waals surface area contributed by atoms with Crippen molar-refractivity contribution in [1.29, 1.82) is 0 Å². The summed E-state index contributed by atoms with van der Waals surface area (Å²) >= 11 is 3.42. The van der Waals surface area contributed by atoms with Crippen molar-refractivity contribution < 1.29 is 0 Å². The lowest BCUT2D eigenvalue weighted by Crippen LogP contribution is -2.02. The van der Waals surface area contributed by atoms with Crippen molar-refractivity contribution in [3.8, 4) is 0 Å². The van der Waals surface area contributed by atoms with Crippen LogP contribution >= 0.6 is 15.9 Å². The van der Waals surface area contributed by atoms with Gasteiger partial charge in [0.2, 0.25) is 0 Å². The molecule has 0 aliphatic rings. The molecule has 0 atom stereocenters. The molecule has 0 unspecified atom stereocenters. The fourth-order valence-corrected chi connectivity index (χ4v) is 1.89. The molecular formula is C10H12BrN3. The Morgan fingerprint density at radius 2 is 2.14 bits per heavy atom. The summed E-state index contributed by atoms with van der Waals surface area (Å²) in [5, 5.41) is 5.31. The molecule has 0 radical (unpaired) electrons. The van der Waals surface area contributed by atoms with Gasteiger partial charge in [-0.1, -0.05) is 15.9 Å². The molecule has 74 valence electrons. The molecule has 0 amide bonds. The quantitative estimate of drug-likeness (QED) is 0.850. The number of anilines is 1. The first-order chi connectivity index (χ1) is 6.59. The molecule has 1 heterocycles. The average Bonchev–Trinajstić information content (AvgIpc) is 2.44. The zero-order valence-electron chi connectivity index (χ0n) is 8.16. The molecule has 2 aromatic rings. The number of hydrogen-bond acceptors (Lipinski definition) is 2. The van der Waals surface area contributed by atoms with Gasteiger partial charge in [0.15, 0.2) is 5.82 Å². The molecule has 2 N–H and O–H groups in total. The molecule has 0 saturated heterocycles. The Hall–Kier alpha value is -1.03. The molecule has 4 heteroatoms. The third-order valence-corrected chi connectivity index (χ3v) is 2.68. The third kappa shape index (κ3) is 1.39. The normalized spacial score (nSPS) is 11.4. The van der Waals surface area contributed by atoms with E-state index in [1.165, 1.54) is 0 Å². The van der Waals surface area contributed by atoms with Crippen LogP contribution < -0.4 is 5.73 Å². The largest absolute Gasteiger partial charge is 0.382 e. The third-order valence-electron chi connectivity index (χ3n) is 2.19. The maximum absolute atomic E-state index is 5.83. The van der Waals surface area contributed by atoms with Crippen molar-refractivity contribution in [3.05, 3.63) is 22.7 Å². The molecule has 3 nitrogen and oxygen atoms in total. The van der Waals surface area contributed by atoms with E-state index in [1.807, 2.05) is 22.9 Å². The van der Waals surface area contributed by atoms with Gasteiger partial charge < -0.3 is 5.73 Å². The lowest BCUT2D eigenvalue weighted by Gasteiger charge is -2.06. The SMILES string of the molecule is CC(C)n1nc(N)c2cc(Br)ccc21. The summed E-state index contributed by atoms with van der Waals surface area (Å²) in [4.78, 5) is 0. The standard InChI is InChI=1S/C10H12BrN3/c1-6(2)14-9-4-3-7(11)5-8(9)10(12)13-14/h3-6H,1-2H3,(H2,12,13). The van der Waals surface area contributed by atoms with Crippen molar-refractivity contribution in [2.45, 2.75) is 19.9 Å². The van der Waals surface area contributed by atoms with E-state index in [0.29, 0.717) is 11.9 Å². The second kappa shape index (κ2) is 3.28. The maximum atomic E-state index is 5.83. The van der Waals surface area contributed by atoms with Crippen LogP contribution in [-0.4, -0.2) is 9.78 Å². The molecule has 1 aromatic heterocycles. The van der Waals surface area contributed by atoms with Crippen LogP contribution in [-0.2, 0) is 0 Å². The highest BCUT2D eigenvalue weighted by atomic mass is 79.9. The predicted molar refractivity (Wildman–Crippen MR) is 62.2 cm³/mol. The zero-order valence-corrected chi connectivity index (χ0v) is 9.75. The Balaban J connectivity index is 2.77. The van der Waals surface area contributed by atoms with Crippen LogP contribution in [0, 0.1) is 0 Å². The van der Waals surface area contributed by atoms with Crippen LogP contribution in [0.25, 0.3) is 10.9 Å². The Labute approximate surface area is 91.0 Å². The molecule has 0 aliphatic carbocycles. The summed E-state index contributed by atoms with van der Waals surface area (Å²) in [6.07, 6.45) is 0. The summed E-state index contributed by atoms with van der Waals surface area (Å²) in [6, 6.07) is 6.36. The first-order valence-electron chi connectivity index (χ1n) is 4.53. The summed E-state index contributed by atoms with van der Waals surface area (Å²) in [5.74, 6) is 0.593. The number of fused-ring (bicyclic) bond motifs is 1. The van der Waals surface area contributed by atoms with Gasteiger partial charge in [-0.3, -0.25) is 4.68 Å². The predicted octanol–water partition coefficient (Wildman–Crippen LogP) is 2.96. The van der Waals surface area contributed by atoms with Gasteiger partial charge in [0.25, 0.3) is 0 Å². The molecule has 0 spiro atoms. The average molecular weight is 254 g/mol. The summed E-state index contributed by atoms with van der Waals surface area (Å²) < 4.78 is 2.97. The number of hydrogen-bond donors (Lipinski definition) is 1. The highest BCUT2D eigenvalue weighted by Crippen LogP contribution is 2.26. The minimum atomic E-state index is 0.330. The molecule has 0 aliphatic heterocycles. The molecule has 0 saturated carbocycles. The molecule has 1 aromatic carbocycles. The van der Waals surface area contributed by atoms with Crippen molar-refractivity contribution in [3.63, 3.8) is 0 Å². The lowest BCUT2D eigenvalue weighted by atomic mass is 10.2. The number of benzene rings is 1. The van der Waals surface area contributed by atoms with Gasteiger partial charge in [-0.25, -0.2) is 0 Å². The lowest BCUT2D eigenvalue weighted by molar-refractivity contribution is 0.553. The number of aromatic nitrogens is 2. The van der Waals surface area contributed by atoms with E-state index in [4.69, 9.17) is 5.73 Å². The topological polar surface area (TPSA) is 43.8 Å². The van der Waals surface area contributed by atoms with Crippen LogP contribution in [0.15, 0.2) is 22.7 Å². The maximum Gasteiger partial charge on any atom is 0.153 e. The molecule has 0 fully saturated rings. The highest BCUT2D eigenvalue weighted by molar-refractivity contribution is 9.10. The second-order valence-corrected chi connectivity index (χ2v) is 4.50. The molecule has 14 heavy (non-hydrogen) atoms. The van der Waals surface area contributed by atoms with Gasteiger partial charge in [-0.05, 0) is 32.0 Å². The van der Waals surface area contributed by atoms with Gasteiger partial charge in [-0.2, -0.15) is 5.10 Å². The van der Waals surface area contributed by atoms with Crippen molar-refractivity contribution in [2.75, 3.05) is 5.73 Å². The zero-order chi connectivity index (χ0) is 10.3. The van der Waals surface area contributed by atoms with Crippen LogP contribution in [0.2, 0.25) is 0 Å². The fraction of sp³-hybridized carbons (Fsp3) is 0.300. The van der Waals surface area contributed by atoms with Crippen LogP contribution in [0.1, 0.15) is 19.9 Å². The minimum absolute atomic E-state index is 0.330. The Morgan fingerprint density at radius 3 is 2.79 bits per heavy atom. The Morgan fingerprint density at radius 1 is 1.43 bits per heavy atom. The van der Waals surface area contributed by atoms with Gasteiger partial charge in [0.05, 0.1) is 5.52 Å². The number of nitrogens with two attached hydrogens (primary N) is 1. The van der Waals surface area contributed by atoms with Crippen molar-refractivity contribution >= 4 is 32.7 Å². The molecule has 0 bridgehead atoms. The van der Waals surface area contributed by atoms with Gasteiger partial charge in [0.1, 0.15) is 0 Å². The summed E-state index contributed by atoms with van der Waals surface area (Å²) in [5.41, 5.74) is 6.91. The van der Waals surface area contributed by atoms with Gasteiger partial charge in [0, 0.05) is 15.9 Å². The smallest absolute Gasteiger partial charge is 0.153 e. The van der Waals surface area contributed by atoms with E-state index in [0.717, 1.165) is 15.4 Å². The van der Waals surface area contributed by atoms with Crippen molar-refractivity contribution in [2.24, 2.45) is 0 Å². The molecular weight excluding hydrogens is 242 g/mol. The van der Waals surface area contributed by atoms with E-state index in [2.05, 4.69) is 34.9 Å². The van der Waals surface area contributed by atoms with Crippen LogP contribution in [0.4, 0.5) is 5.82 Å². The van der Waals surface area contributed by atoms with Gasteiger partial charge in [-0.15, -0.1) is 0 Å².